The molecule has 1 saturated heterocycles. The molecule has 25 heavy (non-hydrogen) atoms. The van der Waals surface area contributed by atoms with Crippen molar-refractivity contribution < 1.29 is 28.6 Å². The van der Waals surface area contributed by atoms with Crippen molar-refractivity contribution in [3.05, 3.63) is 23.8 Å². The Morgan fingerprint density at radius 3 is 2.48 bits per heavy atom. The van der Waals surface area contributed by atoms with E-state index in [0.717, 1.165) is 0 Å². The van der Waals surface area contributed by atoms with Gasteiger partial charge in [-0.3, -0.25) is 19.3 Å². The molecule has 1 heterocycles. The van der Waals surface area contributed by atoms with Gasteiger partial charge in [0.1, 0.15) is 11.5 Å². The molecule has 0 spiro atoms. The zero-order chi connectivity index (χ0) is 18.2. The van der Waals surface area contributed by atoms with Crippen LogP contribution in [0.3, 0.4) is 0 Å². The quantitative estimate of drug-likeness (QED) is 0.518. The predicted octanol–water partition coefficient (Wildman–Crippen LogP) is 0.599. The van der Waals surface area contributed by atoms with Crippen molar-refractivity contribution >= 4 is 17.7 Å². The average Bonchev–Trinajstić information content (AvgIpc) is 2.95. The number of ether oxygens (including phenoxy) is 3. The lowest BCUT2D eigenvalue weighted by Gasteiger charge is -2.14. The van der Waals surface area contributed by atoms with Gasteiger partial charge < -0.3 is 19.5 Å². The molecule has 1 fully saturated rings. The second kappa shape index (κ2) is 9.03. The summed E-state index contributed by atoms with van der Waals surface area (Å²) in [6.07, 6.45) is 0.553. The van der Waals surface area contributed by atoms with E-state index < -0.39 is 0 Å². The second-order valence-corrected chi connectivity index (χ2v) is 5.37. The van der Waals surface area contributed by atoms with Crippen LogP contribution in [-0.4, -0.2) is 63.1 Å². The van der Waals surface area contributed by atoms with Crippen LogP contribution in [0.1, 0.15) is 23.2 Å². The molecule has 0 aromatic heterocycles. The molecular weight excluding hydrogens is 328 g/mol. The van der Waals surface area contributed by atoms with Gasteiger partial charge in [-0.25, -0.2) is 0 Å². The van der Waals surface area contributed by atoms with Crippen LogP contribution in [0.2, 0.25) is 0 Å². The lowest BCUT2D eigenvalue weighted by atomic mass is 10.1. The highest BCUT2D eigenvalue weighted by atomic mass is 16.5. The molecule has 0 atom stereocenters. The molecule has 0 unspecified atom stereocenters. The van der Waals surface area contributed by atoms with Crippen LogP contribution < -0.4 is 14.8 Å². The molecule has 0 radical (unpaired) electrons. The lowest BCUT2D eigenvalue weighted by Crippen LogP contribution is -2.33. The third-order valence-corrected chi connectivity index (χ3v) is 3.80. The number of nitrogens with one attached hydrogen (secondary N) is 1. The topological polar surface area (TPSA) is 94.2 Å². The van der Waals surface area contributed by atoms with Crippen LogP contribution in [0.15, 0.2) is 18.2 Å². The summed E-state index contributed by atoms with van der Waals surface area (Å²) >= 11 is 0. The molecule has 136 valence electrons. The van der Waals surface area contributed by atoms with Gasteiger partial charge in [0.2, 0.25) is 11.8 Å². The summed E-state index contributed by atoms with van der Waals surface area (Å²) < 4.78 is 15.6. The third kappa shape index (κ3) is 4.93. The minimum Gasteiger partial charge on any atom is -0.497 e. The first-order valence-corrected chi connectivity index (χ1v) is 7.98. The van der Waals surface area contributed by atoms with E-state index in [1.807, 2.05) is 0 Å². The van der Waals surface area contributed by atoms with Crippen LogP contribution in [0.25, 0.3) is 0 Å². The maximum absolute atomic E-state index is 12.2. The molecular formula is C17H22N2O6. The van der Waals surface area contributed by atoms with Gasteiger partial charge in [-0.05, 0) is 12.1 Å². The molecule has 8 heteroatoms. The first-order chi connectivity index (χ1) is 12.1. The highest BCUT2D eigenvalue weighted by molar-refractivity contribution is 6.01. The average molecular weight is 350 g/mol. The summed E-state index contributed by atoms with van der Waals surface area (Å²) in [5.74, 6) is 0.418. The fraction of sp³-hybridized carbons (Fsp3) is 0.471. The zero-order valence-corrected chi connectivity index (χ0v) is 14.4. The highest BCUT2D eigenvalue weighted by Gasteiger charge is 2.28. The summed E-state index contributed by atoms with van der Waals surface area (Å²) in [6, 6.07) is 4.94. The van der Waals surface area contributed by atoms with Gasteiger partial charge in [0, 0.05) is 25.5 Å². The van der Waals surface area contributed by atoms with E-state index in [1.165, 1.54) is 19.1 Å². The van der Waals surface area contributed by atoms with Crippen LogP contribution in [0.5, 0.6) is 11.5 Å². The summed E-state index contributed by atoms with van der Waals surface area (Å²) in [5.41, 5.74) is 0.400. The number of carbonyl (C=O) groups excluding carboxylic acids is 3. The van der Waals surface area contributed by atoms with E-state index in [2.05, 4.69) is 5.32 Å². The Morgan fingerprint density at radius 2 is 1.84 bits per heavy atom. The number of nitrogens with zero attached hydrogens (tertiary/aromatic N) is 1. The summed E-state index contributed by atoms with van der Waals surface area (Å²) in [4.78, 5) is 36.2. The standard InChI is InChI=1S/C17H22N2O6/c1-23-12-3-4-13(14(11-12)24-2)17(22)18-7-9-25-10-8-19-15(20)5-6-16(19)21/h3-4,11H,5-10H2,1-2H3,(H,18,22). The van der Waals surface area contributed by atoms with Crippen LogP contribution in [0.4, 0.5) is 0 Å². The largest absolute Gasteiger partial charge is 0.497 e. The summed E-state index contributed by atoms with van der Waals surface area (Å²) in [5, 5.41) is 2.72. The van der Waals surface area contributed by atoms with Crippen molar-refractivity contribution in [2.24, 2.45) is 0 Å². The first kappa shape index (κ1) is 18.7. The normalized spacial score (nSPS) is 13.9. The Bertz CT molecular complexity index is 630. The Morgan fingerprint density at radius 1 is 1.12 bits per heavy atom. The van der Waals surface area contributed by atoms with Crippen molar-refractivity contribution in [1.82, 2.24) is 10.2 Å². The number of carbonyl (C=O) groups is 3. The molecule has 0 aliphatic carbocycles. The number of methoxy groups -OCH3 is 2. The van der Waals surface area contributed by atoms with Crippen molar-refractivity contribution in [3.63, 3.8) is 0 Å². The monoisotopic (exact) mass is 350 g/mol. The first-order valence-electron chi connectivity index (χ1n) is 7.98. The third-order valence-electron chi connectivity index (χ3n) is 3.80. The number of benzene rings is 1. The van der Waals surface area contributed by atoms with Gasteiger partial charge in [0.15, 0.2) is 0 Å². The molecule has 2 rings (SSSR count). The second-order valence-electron chi connectivity index (χ2n) is 5.37. The van der Waals surface area contributed by atoms with E-state index in [-0.39, 0.29) is 50.3 Å². The van der Waals surface area contributed by atoms with Crippen LogP contribution >= 0.6 is 0 Å². The van der Waals surface area contributed by atoms with Crippen molar-refractivity contribution in [2.75, 3.05) is 40.5 Å². The SMILES string of the molecule is COc1ccc(C(=O)NCCOCCN2C(=O)CCC2=O)c(OC)c1. The number of imide groups is 1. The minimum absolute atomic E-state index is 0.159. The zero-order valence-electron chi connectivity index (χ0n) is 14.4. The van der Waals surface area contributed by atoms with Gasteiger partial charge in [0.25, 0.3) is 5.91 Å². The van der Waals surface area contributed by atoms with E-state index in [0.29, 0.717) is 23.6 Å². The van der Waals surface area contributed by atoms with Gasteiger partial charge in [-0.1, -0.05) is 0 Å². The molecule has 3 amide bonds. The maximum atomic E-state index is 12.2. The molecule has 1 aliphatic heterocycles. The van der Waals surface area contributed by atoms with Gasteiger partial charge >= 0.3 is 0 Å². The molecule has 1 aromatic rings. The Kier molecular flexibility index (Phi) is 6.76. The number of likely N-dealkylation sites (tertiary alicyclic amines) is 1. The number of hydrogen-bond acceptors (Lipinski definition) is 6. The predicted molar refractivity (Wildman–Crippen MR) is 88.7 cm³/mol. The minimum atomic E-state index is -0.284. The van der Waals surface area contributed by atoms with Gasteiger partial charge in [-0.15, -0.1) is 0 Å². The van der Waals surface area contributed by atoms with Crippen LogP contribution in [-0.2, 0) is 14.3 Å². The van der Waals surface area contributed by atoms with E-state index in [9.17, 15) is 14.4 Å². The van der Waals surface area contributed by atoms with Crippen LogP contribution in [0, 0.1) is 0 Å². The van der Waals surface area contributed by atoms with E-state index in [4.69, 9.17) is 14.2 Å². The smallest absolute Gasteiger partial charge is 0.255 e. The Hall–Kier alpha value is -2.61. The van der Waals surface area contributed by atoms with Crippen molar-refractivity contribution in [2.45, 2.75) is 12.8 Å². The van der Waals surface area contributed by atoms with Gasteiger partial charge in [0.05, 0.1) is 39.5 Å². The molecule has 0 bridgehead atoms. The Labute approximate surface area is 146 Å². The summed E-state index contributed by atoms with van der Waals surface area (Å²) in [7, 11) is 3.02. The molecule has 1 aliphatic rings. The Balaban J connectivity index is 1.70. The highest BCUT2D eigenvalue weighted by Crippen LogP contribution is 2.24. The molecule has 0 saturated carbocycles. The maximum Gasteiger partial charge on any atom is 0.255 e. The van der Waals surface area contributed by atoms with Crippen molar-refractivity contribution in [3.8, 4) is 11.5 Å². The van der Waals surface area contributed by atoms with Gasteiger partial charge in [-0.2, -0.15) is 0 Å². The fourth-order valence-electron chi connectivity index (χ4n) is 2.45. The molecule has 1 aromatic carbocycles. The lowest BCUT2D eigenvalue weighted by molar-refractivity contribution is -0.139. The van der Waals surface area contributed by atoms with Crippen molar-refractivity contribution in [1.29, 1.82) is 0 Å². The number of amides is 3. The van der Waals surface area contributed by atoms with E-state index in [1.54, 1.807) is 18.2 Å². The molecule has 1 N–H and O–H groups in total. The number of rotatable bonds is 9. The molecule has 8 nitrogen and oxygen atoms in total. The summed E-state index contributed by atoms with van der Waals surface area (Å²) in [6.45, 7) is 1.08. The number of hydrogen-bond donors (Lipinski definition) is 1. The van der Waals surface area contributed by atoms with E-state index >= 15 is 0 Å². The fourth-order valence-corrected chi connectivity index (χ4v) is 2.45.